The fraction of sp³-hybridized carbons (Fsp3) is 0.250. The Morgan fingerprint density at radius 3 is 3.19 bits per heavy atom. The molecule has 0 atom stereocenters. The predicted molar refractivity (Wildman–Crippen MR) is 67.0 cm³/mol. The number of hydrogen-bond acceptors (Lipinski definition) is 2. The average molecular weight is 232 g/mol. The first kappa shape index (κ1) is 9.78. The molecule has 2 aromatic rings. The summed E-state index contributed by atoms with van der Waals surface area (Å²) in [5.41, 5.74) is 2.16. The van der Waals surface area contributed by atoms with Gasteiger partial charge in [0.2, 0.25) is 5.91 Å². The number of H-pyrrole nitrogens is 1. The van der Waals surface area contributed by atoms with Gasteiger partial charge < -0.3 is 9.88 Å². The summed E-state index contributed by atoms with van der Waals surface area (Å²) in [4.78, 5) is 17.9. The lowest BCUT2D eigenvalue weighted by Crippen LogP contribution is -2.25. The maximum atomic E-state index is 11.8. The Morgan fingerprint density at radius 1 is 1.44 bits per heavy atom. The number of carbonyl (C=O) groups excluding carboxylic acids is 1. The van der Waals surface area contributed by atoms with Crippen molar-refractivity contribution < 1.29 is 4.79 Å². The van der Waals surface area contributed by atoms with E-state index >= 15 is 0 Å². The second-order valence-corrected chi connectivity index (χ2v) is 5.07. The Bertz CT molecular complexity index is 561. The van der Waals surface area contributed by atoms with Crippen LogP contribution >= 0.6 is 11.8 Å². The molecule has 3 rings (SSSR count). The number of benzene rings is 1. The van der Waals surface area contributed by atoms with Gasteiger partial charge in [0.05, 0.1) is 5.69 Å². The number of hydrogen-bond donors (Lipinski definition) is 1. The van der Waals surface area contributed by atoms with Crippen LogP contribution in [-0.4, -0.2) is 23.7 Å². The minimum absolute atomic E-state index is 0.195. The van der Waals surface area contributed by atoms with Crippen LogP contribution in [0.4, 0.5) is 5.69 Å². The number of carbonyl (C=O) groups is 1. The van der Waals surface area contributed by atoms with Crippen LogP contribution in [0, 0.1) is 0 Å². The van der Waals surface area contributed by atoms with Gasteiger partial charge in [0.25, 0.3) is 0 Å². The van der Waals surface area contributed by atoms with E-state index in [4.69, 9.17) is 0 Å². The monoisotopic (exact) mass is 232 g/mol. The van der Waals surface area contributed by atoms with E-state index in [1.807, 2.05) is 19.3 Å². The van der Waals surface area contributed by atoms with E-state index < -0.39 is 0 Å². The Balaban J connectivity index is 2.23. The first-order valence-electron chi connectivity index (χ1n) is 5.26. The Morgan fingerprint density at radius 2 is 2.31 bits per heavy atom. The van der Waals surface area contributed by atoms with Gasteiger partial charge in [0, 0.05) is 41.2 Å². The van der Waals surface area contributed by atoms with Crippen LogP contribution in [0.1, 0.15) is 6.42 Å². The molecule has 0 saturated heterocycles. The van der Waals surface area contributed by atoms with Gasteiger partial charge in [-0.25, -0.2) is 0 Å². The number of fused-ring (bicyclic) bond motifs is 2. The molecule has 1 N–H and O–H groups in total. The molecule has 0 aliphatic carbocycles. The zero-order chi connectivity index (χ0) is 11.1. The summed E-state index contributed by atoms with van der Waals surface area (Å²) in [6.45, 7) is 0. The lowest BCUT2D eigenvalue weighted by molar-refractivity contribution is -0.117. The van der Waals surface area contributed by atoms with Crippen molar-refractivity contribution in [3.8, 4) is 0 Å². The molecular weight excluding hydrogens is 220 g/mol. The first-order chi connectivity index (χ1) is 7.75. The van der Waals surface area contributed by atoms with Crippen LogP contribution in [0.15, 0.2) is 29.3 Å². The quantitative estimate of drug-likeness (QED) is 0.758. The third-order valence-electron chi connectivity index (χ3n) is 2.94. The summed E-state index contributed by atoms with van der Waals surface area (Å²) in [7, 11) is 1.85. The highest BCUT2D eigenvalue weighted by atomic mass is 32.2. The second kappa shape index (κ2) is 3.56. The van der Waals surface area contributed by atoms with E-state index in [0.29, 0.717) is 6.42 Å². The van der Waals surface area contributed by atoms with Crippen molar-refractivity contribution in [3.05, 3.63) is 24.4 Å². The maximum Gasteiger partial charge on any atom is 0.227 e. The molecule has 1 aliphatic rings. The molecule has 1 aromatic carbocycles. The number of anilines is 1. The zero-order valence-corrected chi connectivity index (χ0v) is 9.80. The fourth-order valence-electron chi connectivity index (χ4n) is 2.00. The van der Waals surface area contributed by atoms with E-state index in [2.05, 4.69) is 17.1 Å². The fourth-order valence-corrected chi connectivity index (χ4v) is 3.04. The number of thioether (sulfide) groups is 1. The molecule has 4 heteroatoms. The third-order valence-corrected chi connectivity index (χ3v) is 3.99. The highest BCUT2D eigenvalue weighted by Gasteiger charge is 2.19. The topological polar surface area (TPSA) is 36.1 Å². The summed E-state index contributed by atoms with van der Waals surface area (Å²) in [6.07, 6.45) is 2.54. The Hall–Kier alpha value is -1.42. The molecule has 0 fully saturated rings. The molecule has 0 bridgehead atoms. The SMILES string of the molecule is CN1C(=O)CCSc2cc3[nH]ccc3cc21. The summed E-state index contributed by atoms with van der Waals surface area (Å²) in [6, 6.07) is 6.24. The molecule has 16 heavy (non-hydrogen) atoms. The Labute approximate surface area is 97.8 Å². The van der Waals surface area contributed by atoms with E-state index in [0.717, 1.165) is 22.3 Å². The Kier molecular flexibility index (Phi) is 2.17. The molecule has 1 aliphatic heterocycles. The third kappa shape index (κ3) is 1.41. The largest absolute Gasteiger partial charge is 0.361 e. The highest BCUT2D eigenvalue weighted by molar-refractivity contribution is 7.99. The van der Waals surface area contributed by atoms with Gasteiger partial charge in [-0.2, -0.15) is 0 Å². The number of aromatic nitrogens is 1. The molecule has 0 radical (unpaired) electrons. The van der Waals surface area contributed by atoms with Gasteiger partial charge in [-0.3, -0.25) is 4.79 Å². The van der Waals surface area contributed by atoms with Crippen LogP contribution in [0.3, 0.4) is 0 Å². The van der Waals surface area contributed by atoms with Crippen LogP contribution in [0.25, 0.3) is 10.9 Å². The summed E-state index contributed by atoms with van der Waals surface area (Å²) in [5.74, 6) is 1.06. The molecule has 0 saturated carbocycles. The average Bonchev–Trinajstić information content (AvgIpc) is 2.68. The molecule has 3 nitrogen and oxygen atoms in total. The number of aromatic amines is 1. The zero-order valence-electron chi connectivity index (χ0n) is 8.99. The summed E-state index contributed by atoms with van der Waals surface area (Å²) in [5, 5.41) is 1.15. The van der Waals surface area contributed by atoms with Crippen molar-refractivity contribution in [3.63, 3.8) is 0 Å². The molecule has 1 aromatic heterocycles. The van der Waals surface area contributed by atoms with Crippen molar-refractivity contribution in [2.24, 2.45) is 0 Å². The van der Waals surface area contributed by atoms with Crippen molar-refractivity contribution in [2.75, 3.05) is 17.7 Å². The molecule has 1 amide bonds. The summed E-state index contributed by atoms with van der Waals surface area (Å²) >= 11 is 1.75. The predicted octanol–water partition coefficient (Wildman–Crippen LogP) is 2.63. The summed E-state index contributed by atoms with van der Waals surface area (Å²) < 4.78 is 0. The van der Waals surface area contributed by atoms with Gasteiger partial charge >= 0.3 is 0 Å². The van der Waals surface area contributed by atoms with Crippen LogP contribution < -0.4 is 4.90 Å². The molecule has 0 unspecified atom stereocenters. The smallest absolute Gasteiger partial charge is 0.227 e. The number of amides is 1. The molecule has 2 heterocycles. The lowest BCUT2D eigenvalue weighted by Gasteiger charge is -2.16. The van der Waals surface area contributed by atoms with E-state index in [-0.39, 0.29) is 5.91 Å². The maximum absolute atomic E-state index is 11.8. The molecule has 0 spiro atoms. The standard InChI is InChI=1S/C12H12N2OS/c1-14-10-6-8-2-4-13-9(8)7-11(10)16-5-3-12(14)15/h2,4,6-7,13H,3,5H2,1H3. The number of nitrogens with zero attached hydrogens (tertiary/aromatic N) is 1. The van der Waals surface area contributed by atoms with Crippen LogP contribution in [-0.2, 0) is 4.79 Å². The first-order valence-corrected chi connectivity index (χ1v) is 6.25. The van der Waals surface area contributed by atoms with Gasteiger partial charge in [-0.1, -0.05) is 0 Å². The van der Waals surface area contributed by atoms with Gasteiger partial charge in [-0.15, -0.1) is 11.8 Å². The van der Waals surface area contributed by atoms with E-state index in [1.165, 1.54) is 4.90 Å². The second-order valence-electron chi connectivity index (χ2n) is 3.94. The van der Waals surface area contributed by atoms with Gasteiger partial charge in [0.1, 0.15) is 0 Å². The minimum Gasteiger partial charge on any atom is -0.361 e. The lowest BCUT2D eigenvalue weighted by atomic mass is 10.2. The van der Waals surface area contributed by atoms with Gasteiger partial charge in [-0.05, 0) is 18.2 Å². The number of nitrogens with one attached hydrogen (secondary N) is 1. The van der Waals surface area contributed by atoms with E-state index in [1.54, 1.807) is 16.7 Å². The van der Waals surface area contributed by atoms with Crippen LogP contribution in [0.2, 0.25) is 0 Å². The van der Waals surface area contributed by atoms with E-state index in [9.17, 15) is 4.79 Å². The highest BCUT2D eigenvalue weighted by Crippen LogP contribution is 2.36. The molecular formula is C12H12N2OS. The van der Waals surface area contributed by atoms with Gasteiger partial charge in [0.15, 0.2) is 0 Å². The van der Waals surface area contributed by atoms with Crippen LogP contribution in [0.5, 0.6) is 0 Å². The normalized spacial score (nSPS) is 16.3. The van der Waals surface area contributed by atoms with Crippen molar-refractivity contribution in [1.29, 1.82) is 0 Å². The molecule has 82 valence electrons. The number of rotatable bonds is 0. The van der Waals surface area contributed by atoms with Crippen molar-refractivity contribution in [2.45, 2.75) is 11.3 Å². The minimum atomic E-state index is 0.195. The van der Waals surface area contributed by atoms with Crippen molar-refractivity contribution >= 4 is 34.3 Å². The van der Waals surface area contributed by atoms with Crippen molar-refractivity contribution in [1.82, 2.24) is 4.98 Å².